The van der Waals surface area contributed by atoms with Crippen molar-refractivity contribution < 1.29 is 14.4 Å². The van der Waals surface area contributed by atoms with Crippen molar-refractivity contribution in [3.63, 3.8) is 0 Å². The van der Waals surface area contributed by atoms with Crippen LogP contribution in [0.1, 0.15) is 5.76 Å². The fourth-order valence-electron chi connectivity index (χ4n) is 1.72. The van der Waals surface area contributed by atoms with Crippen molar-refractivity contribution in [2.45, 2.75) is 6.42 Å². The monoisotopic (exact) mass is 260 g/mol. The number of carbonyl (C=O) groups is 1. The molecule has 0 aliphatic heterocycles. The summed E-state index contributed by atoms with van der Waals surface area (Å²) in [5.74, 6) is 1.50. The van der Waals surface area contributed by atoms with E-state index >= 15 is 0 Å². The molecule has 0 saturated carbocycles. The molecular formula is C14H16N2O3. The van der Waals surface area contributed by atoms with E-state index in [1.807, 2.05) is 42.5 Å². The summed E-state index contributed by atoms with van der Waals surface area (Å²) < 4.78 is 5.66. The lowest BCUT2D eigenvalue weighted by atomic mass is 10.2. The fraction of sp³-hybridized carbons (Fsp3) is 0.214. The molecule has 1 aromatic carbocycles. The maximum Gasteiger partial charge on any atom is 0.340 e. The summed E-state index contributed by atoms with van der Waals surface area (Å²) in [5, 5.41) is 12.4. The van der Waals surface area contributed by atoms with Crippen LogP contribution in [0.5, 0.6) is 0 Å². The molecule has 5 heteroatoms. The summed E-state index contributed by atoms with van der Waals surface area (Å²) in [6.45, 7) is 0.182. The first-order valence-electron chi connectivity index (χ1n) is 6.03. The normalized spacial score (nSPS) is 10.2. The van der Waals surface area contributed by atoms with E-state index in [-0.39, 0.29) is 6.54 Å². The van der Waals surface area contributed by atoms with E-state index in [9.17, 15) is 10.0 Å². The Labute approximate surface area is 111 Å². The number of furan rings is 1. The van der Waals surface area contributed by atoms with E-state index in [0.29, 0.717) is 11.5 Å². The van der Waals surface area contributed by atoms with E-state index in [1.165, 1.54) is 7.05 Å². The zero-order valence-electron chi connectivity index (χ0n) is 10.7. The highest BCUT2D eigenvalue weighted by Crippen LogP contribution is 2.21. The first kappa shape index (κ1) is 13.2. The SMILES string of the molecule is CNC(=O)N(O)CCc1ccc(-c2ccccc2)o1. The van der Waals surface area contributed by atoms with Gasteiger partial charge in [0.25, 0.3) is 0 Å². The molecule has 0 radical (unpaired) electrons. The Bertz CT molecular complexity index is 537. The molecule has 19 heavy (non-hydrogen) atoms. The second-order valence-corrected chi connectivity index (χ2v) is 4.06. The van der Waals surface area contributed by atoms with Gasteiger partial charge in [-0.1, -0.05) is 30.3 Å². The van der Waals surface area contributed by atoms with Gasteiger partial charge in [-0.2, -0.15) is 0 Å². The van der Waals surface area contributed by atoms with Gasteiger partial charge in [-0.05, 0) is 12.1 Å². The minimum Gasteiger partial charge on any atom is -0.461 e. The number of urea groups is 1. The lowest BCUT2D eigenvalue weighted by molar-refractivity contribution is -0.0420. The third kappa shape index (κ3) is 3.35. The van der Waals surface area contributed by atoms with Gasteiger partial charge in [-0.25, -0.2) is 9.86 Å². The van der Waals surface area contributed by atoms with Crippen LogP contribution in [0.15, 0.2) is 46.9 Å². The van der Waals surface area contributed by atoms with Gasteiger partial charge in [0.1, 0.15) is 11.5 Å². The van der Waals surface area contributed by atoms with Crippen molar-refractivity contribution in [1.82, 2.24) is 10.4 Å². The van der Waals surface area contributed by atoms with Crippen LogP contribution in [0.2, 0.25) is 0 Å². The number of hydrogen-bond donors (Lipinski definition) is 2. The van der Waals surface area contributed by atoms with Gasteiger partial charge in [0, 0.05) is 19.0 Å². The van der Waals surface area contributed by atoms with Gasteiger partial charge >= 0.3 is 6.03 Å². The van der Waals surface area contributed by atoms with E-state index in [0.717, 1.165) is 17.1 Å². The van der Waals surface area contributed by atoms with E-state index in [1.54, 1.807) is 0 Å². The Morgan fingerprint density at radius 2 is 2.00 bits per heavy atom. The van der Waals surface area contributed by atoms with Crippen LogP contribution in [0.4, 0.5) is 4.79 Å². The Morgan fingerprint density at radius 1 is 1.26 bits per heavy atom. The third-order valence-electron chi connectivity index (χ3n) is 2.74. The second kappa shape index (κ2) is 6.06. The van der Waals surface area contributed by atoms with Crippen LogP contribution in [0.25, 0.3) is 11.3 Å². The van der Waals surface area contributed by atoms with Crippen molar-refractivity contribution >= 4 is 6.03 Å². The van der Waals surface area contributed by atoms with Gasteiger partial charge in [0.05, 0.1) is 6.54 Å². The van der Waals surface area contributed by atoms with E-state index in [2.05, 4.69) is 5.32 Å². The van der Waals surface area contributed by atoms with Crippen molar-refractivity contribution in [2.75, 3.05) is 13.6 Å². The average molecular weight is 260 g/mol. The molecule has 2 N–H and O–H groups in total. The van der Waals surface area contributed by atoms with Crippen LogP contribution in [-0.4, -0.2) is 29.9 Å². The predicted molar refractivity (Wildman–Crippen MR) is 70.8 cm³/mol. The molecule has 0 spiro atoms. The van der Waals surface area contributed by atoms with Crippen LogP contribution >= 0.6 is 0 Å². The molecule has 2 amide bonds. The summed E-state index contributed by atoms with van der Waals surface area (Å²) in [4.78, 5) is 11.1. The minimum atomic E-state index is -0.533. The van der Waals surface area contributed by atoms with Gasteiger partial charge in [0.2, 0.25) is 0 Å². The number of hydroxylamine groups is 2. The Kier molecular flexibility index (Phi) is 4.20. The highest BCUT2D eigenvalue weighted by atomic mass is 16.5. The smallest absolute Gasteiger partial charge is 0.340 e. The van der Waals surface area contributed by atoms with Gasteiger partial charge in [0.15, 0.2) is 0 Å². The largest absolute Gasteiger partial charge is 0.461 e. The molecule has 0 aliphatic rings. The number of rotatable bonds is 4. The lowest BCUT2D eigenvalue weighted by Gasteiger charge is -2.12. The summed E-state index contributed by atoms with van der Waals surface area (Å²) >= 11 is 0. The number of benzene rings is 1. The number of nitrogens with one attached hydrogen (secondary N) is 1. The maximum absolute atomic E-state index is 11.1. The fourth-order valence-corrected chi connectivity index (χ4v) is 1.72. The molecule has 100 valence electrons. The third-order valence-corrected chi connectivity index (χ3v) is 2.74. The molecule has 0 unspecified atom stereocenters. The first-order chi connectivity index (χ1) is 9.20. The lowest BCUT2D eigenvalue weighted by Crippen LogP contribution is -2.36. The summed E-state index contributed by atoms with van der Waals surface area (Å²) in [6.07, 6.45) is 0.455. The van der Waals surface area contributed by atoms with Crippen molar-refractivity contribution in [2.24, 2.45) is 0 Å². The summed E-state index contributed by atoms with van der Waals surface area (Å²) in [5.41, 5.74) is 1.00. The zero-order valence-corrected chi connectivity index (χ0v) is 10.7. The number of carbonyl (C=O) groups excluding carboxylic acids is 1. The topological polar surface area (TPSA) is 65.7 Å². The van der Waals surface area contributed by atoms with Gasteiger partial charge in [-0.15, -0.1) is 0 Å². The molecule has 0 atom stereocenters. The molecule has 0 bridgehead atoms. The maximum atomic E-state index is 11.1. The molecule has 0 saturated heterocycles. The molecule has 2 rings (SSSR count). The Balaban J connectivity index is 1.97. The summed E-state index contributed by atoms with van der Waals surface area (Å²) in [6, 6.07) is 13.0. The molecule has 2 aromatic rings. The van der Waals surface area contributed by atoms with Gasteiger partial charge in [-0.3, -0.25) is 5.21 Å². The van der Waals surface area contributed by atoms with Crippen molar-refractivity contribution in [1.29, 1.82) is 0 Å². The van der Waals surface area contributed by atoms with E-state index < -0.39 is 6.03 Å². The van der Waals surface area contributed by atoms with Gasteiger partial charge < -0.3 is 9.73 Å². The first-order valence-corrected chi connectivity index (χ1v) is 6.03. The number of nitrogens with zero attached hydrogens (tertiary/aromatic N) is 1. The quantitative estimate of drug-likeness (QED) is 0.655. The molecular weight excluding hydrogens is 244 g/mol. The zero-order chi connectivity index (χ0) is 13.7. The summed E-state index contributed by atoms with van der Waals surface area (Å²) in [7, 11) is 1.46. The van der Waals surface area contributed by atoms with E-state index in [4.69, 9.17) is 4.42 Å². The van der Waals surface area contributed by atoms with Crippen LogP contribution in [0.3, 0.4) is 0 Å². The second-order valence-electron chi connectivity index (χ2n) is 4.06. The number of hydrogen-bond acceptors (Lipinski definition) is 3. The standard InChI is InChI=1S/C14H16N2O3/c1-15-14(17)16(18)10-9-12-7-8-13(19-12)11-5-3-2-4-6-11/h2-8,18H,9-10H2,1H3,(H,15,17). The van der Waals surface area contributed by atoms with Crippen molar-refractivity contribution in [3.8, 4) is 11.3 Å². The highest BCUT2D eigenvalue weighted by Gasteiger charge is 2.10. The minimum absolute atomic E-state index is 0.182. The highest BCUT2D eigenvalue weighted by molar-refractivity contribution is 5.72. The molecule has 5 nitrogen and oxygen atoms in total. The molecule has 0 aliphatic carbocycles. The predicted octanol–water partition coefficient (Wildman–Crippen LogP) is 2.52. The number of amides is 2. The average Bonchev–Trinajstić information content (AvgIpc) is 2.93. The molecule has 1 aromatic heterocycles. The van der Waals surface area contributed by atoms with Crippen LogP contribution in [-0.2, 0) is 6.42 Å². The van der Waals surface area contributed by atoms with Crippen LogP contribution < -0.4 is 5.32 Å². The van der Waals surface area contributed by atoms with Crippen LogP contribution in [0, 0.1) is 0 Å². The molecule has 1 heterocycles. The Hall–Kier alpha value is -2.27. The van der Waals surface area contributed by atoms with Crippen molar-refractivity contribution in [3.05, 3.63) is 48.2 Å². The molecule has 0 fully saturated rings. The Morgan fingerprint density at radius 3 is 2.68 bits per heavy atom.